The first-order valence-electron chi connectivity index (χ1n) is 4.69. The molecule has 0 unspecified atom stereocenters. The first kappa shape index (κ1) is 12.7. The summed E-state index contributed by atoms with van der Waals surface area (Å²) in [6, 6.07) is 0. The zero-order valence-electron chi connectivity index (χ0n) is 9.27. The molecule has 0 aliphatic rings. The first-order valence-corrected chi connectivity index (χ1v) is 4.69. The maximum Gasteiger partial charge on any atom is 0.357 e. The van der Waals surface area contributed by atoms with Gasteiger partial charge in [0.05, 0.1) is 13.7 Å². The SMILES string of the molecule is CCOC=Nc1c(C(=O)OC)[nH]c(=O)[nH]c1=O. The molecule has 0 saturated carbocycles. The standard InChI is InChI=1S/C9H11N3O5/c1-3-17-4-10-5-6(8(14)16-2)11-9(15)12-7(5)13/h4H,3H2,1-2H3,(H2,11,12,13,15). The van der Waals surface area contributed by atoms with Crippen LogP contribution in [-0.4, -0.2) is 36.1 Å². The fraction of sp³-hybridized carbons (Fsp3) is 0.333. The molecule has 0 saturated heterocycles. The van der Waals surface area contributed by atoms with Crippen LogP contribution in [0.1, 0.15) is 17.4 Å². The molecule has 0 radical (unpaired) electrons. The molecule has 0 bridgehead atoms. The number of carbonyl (C=O) groups excluding carboxylic acids is 1. The number of nitrogens with zero attached hydrogens (tertiary/aromatic N) is 1. The number of aromatic nitrogens is 2. The second kappa shape index (κ2) is 5.64. The lowest BCUT2D eigenvalue weighted by Crippen LogP contribution is -2.26. The maximum atomic E-state index is 11.4. The fourth-order valence-corrected chi connectivity index (χ4v) is 1.02. The van der Waals surface area contributed by atoms with Crippen LogP contribution in [0.5, 0.6) is 0 Å². The van der Waals surface area contributed by atoms with Crippen molar-refractivity contribution in [3.8, 4) is 0 Å². The van der Waals surface area contributed by atoms with E-state index in [1.165, 1.54) is 0 Å². The van der Waals surface area contributed by atoms with Crippen molar-refractivity contribution in [1.82, 2.24) is 9.97 Å². The Morgan fingerprint density at radius 1 is 1.41 bits per heavy atom. The third kappa shape index (κ3) is 3.03. The molecule has 1 aromatic heterocycles. The summed E-state index contributed by atoms with van der Waals surface area (Å²) in [5.41, 5.74) is -2.21. The number of carbonyl (C=O) groups is 1. The van der Waals surface area contributed by atoms with Gasteiger partial charge in [0.15, 0.2) is 17.8 Å². The van der Waals surface area contributed by atoms with Crippen LogP contribution in [0.25, 0.3) is 0 Å². The van der Waals surface area contributed by atoms with Gasteiger partial charge >= 0.3 is 11.7 Å². The van der Waals surface area contributed by atoms with Crippen LogP contribution in [0.15, 0.2) is 14.6 Å². The van der Waals surface area contributed by atoms with Crippen molar-refractivity contribution >= 4 is 18.1 Å². The van der Waals surface area contributed by atoms with E-state index in [-0.39, 0.29) is 11.4 Å². The van der Waals surface area contributed by atoms with E-state index in [1.807, 2.05) is 4.98 Å². The molecule has 0 aromatic carbocycles. The first-order chi connectivity index (χ1) is 8.10. The van der Waals surface area contributed by atoms with E-state index >= 15 is 0 Å². The molecule has 0 fully saturated rings. The summed E-state index contributed by atoms with van der Waals surface area (Å²) in [6.45, 7) is 2.09. The van der Waals surface area contributed by atoms with Crippen LogP contribution < -0.4 is 11.2 Å². The summed E-state index contributed by atoms with van der Waals surface area (Å²) in [6.07, 6.45) is 1.01. The van der Waals surface area contributed by atoms with E-state index < -0.39 is 17.2 Å². The fourth-order valence-electron chi connectivity index (χ4n) is 1.02. The van der Waals surface area contributed by atoms with E-state index in [0.29, 0.717) is 6.61 Å². The summed E-state index contributed by atoms with van der Waals surface area (Å²) in [4.78, 5) is 41.5. The summed E-state index contributed by atoms with van der Waals surface area (Å²) in [5, 5.41) is 0. The van der Waals surface area contributed by atoms with Crippen molar-refractivity contribution in [2.24, 2.45) is 4.99 Å². The number of esters is 1. The Bertz CT molecular complexity index is 542. The third-order valence-electron chi connectivity index (χ3n) is 1.73. The molecule has 17 heavy (non-hydrogen) atoms. The van der Waals surface area contributed by atoms with Crippen LogP contribution in [0.2, 0.25) is 0 Å². The van der Waals surface area contributed by atoms with Gasteiger partial charge in [-0.05, 0) is 6.92 Å². The predicted octanol–water partition coefficient (Wildman–Crippen LogP) is -0.454. The Morgan fingerprint density at radius 3 is 2.71 bits per heavy atom. The highest BCUT2D eigenvalue weighted by Gasteiger charge is 2.16. The zero-order valence-corrected chi connectivity index (χ0v) is 9.27. The second-order valence-corrected chi connectivity index (χ2v) is 2.81. The van der Waals surface area contributed by atoms with Crippen molar-refractivity contribution in [3.63, 3.8) is 0 Å². The molecule has 92 valence electrons. The van der Waals surface area contributed by atoms with E-state index in [9.17, 15) is 14.4 Å². The minimum atomic E-state index is -0.864. The Hall–Kier alpha value is -2.38. The second-order valence-electron chi connectivity index (χ2n) is 2.81. The largest absolute Gasteiger partial charge is 0.483 e. The van der Waals surface area contributed by atoms with Crippen molar-refractivity contribution in [2.75, 3.05) is 13.7 Å². The van der Waals surface area contributed by atoms with Gasteiger partial charge in [-0.3, -0.25) is 14.8 Å². The highest BCUT2D eigenvalue weighted by molar-refractivity contribution is 5.92. The Kier molecular flexibility index (Phi) is 4.21. The van der Waals surface area contributed by atoms with Crippen LogP contribution in [-0.2, 0) is 9.47 Å². The highest BCUT2D eigenvalue weighted by Crippen LogP contribution is 2.09. The number of aliphatic imine (C=N–C) groups is 1. The molecule has 2 N–H and O–H groups in total. The van der Waals surface area contributed by atoms with Gasteiger partial charge in [0.2, 0.25) is 0 Å². The molecular formula is C9H11N3O5. The smallest absolute Gasteiger partial charge is 0.357 e. The highest BCUT2D eigenvalue weighted by atomic mass is 16.5. The molecule has 0 atom stereocenters. The Morgan fingerprint density at radius 2 is 2.12 bits per heavy atom. The molecule has 0 amide bonds. The Labute approximate surface area is 95.3 Å². The zero-order chi connectivity index (χ0) is 12.8. The molecular weight excluding hydrogens is 230 g/mol. The molecule has 0 aliphatic heterocycles. The van der Waals surface area contributed by atoms with Gasteiger partial charge in [0, 0.05) is 0 Å². The van der Waals surface area contributed by atoms with E-state index in [0.717, 1.165) is 13.5 Å². The van der Waals surface area contributed by atoms with Crippen molar-refractivity contribution < 1.29 is 14.3 Å². The van der Waals surface area contributed by atoms with Gasteiger partial charge in [-0.1, -0.05) is 0 Å². The molecule has 1 rings (SSSR count). The molecule has 0 spiro atoms. The van der Waals surface area contributed by atoms with E-state index in [2.05, 4.69) is 14.7 Å². The lowest BCUT2D eigenvalue weighted by atomic mass is 10.3. The average Bonchev–Trinajstić information content (AvgIpc) is 2.30. The van der Waals surface area contributed by atoms with Gasteiger partial charge in [-0.2, -0.15) is 0 Å². The number of ether oxygens (including phenoxy) is 2. The molecule has 1 aromatic rings. The van der Waals surface area contributed by atoms with E-state index in [4.69, 9.17) is 4.74 Å². The van der Waals surface area contributed by atoms with Gasteiger partial charge in [-0.25, -0.2) is 14.6 Å². The monoisotopic (exact) mass is 241 g/mol. The number of hydrogen-bond donors (Lipinski definition) is 2. The quantitative estimate of drug-likeness (QED) is 0.421. The summed E-state index contributed by atoms with van der Waals surface area (Å²) < 4.78 is 9.22. The normalized spacial score (nSPS) is 10.5. The van der Waals surface area contributed by atoms with Gasteiger partial charge in [0.25, 0.3) is 5.56 Å². The third-order valence-corrected chi connectivity index (χ3v) is 1.73. The van der Waals surface area contributed by atoms with Crippen LogP contribution >= 0.6 is 0 Å². The molecule has 1 heterocycles. The Balaban J connectivity index is 3.31. The maximum absolute atomic E-state index is 11.4. The number of hydrogen-bond acceptors (Lipinski definition) is 6. The summed E-state index contributed by atoms with van der Waals surface area (Å²) in [7, 11) is 1.12. The molecule has 8 nitrogen and oxygen atoms in total. The van der Waals surface area contributed by atoms with Crippen LogP contribution in [0.3, 0.4) is 0 Å². The van der Waals surface area contributed by atoms with Crippen molar-refractivity contribution in [2.45, 2.75) is 6.92 Å². The van der Waals surface area contributed by atoms with Crippen LogP contribution in [0, 0.1) is 0 Å². The van der Waals surface area contributed by atoms with Gasteiger partial charge in [-0.15, -0.1) is 0 Å². The summed E-state index contributed by atoms with van der Waals surface area (Å²) >= 11 is 0. The van der Waals surface area contributed by atoms with Gasteiger partial charge in [0.1, 0.15) is 0 Å². The minimum absolute atomic E-state index is 0.273. The topological polar surface area (TPSA) is 114 Å². The lowest BCUT2D eigenvalue weighted by molar-refractivity contribution is 0.0594. The lowest BCUT2D eigenvalue weighted by Gasteiger charge is -2.01. The van der Waals surface area contributed by atoms with Crippen molar-refractivity contribution in [1.29, 1.82) is 0 Å². The number of aromatic amines is 2. The number of methoxy groups -OCH3 is 1. The predicted molar refractivity (Wildman–Crippen MR) is 58.8 cm³/mol. The number of H-pyrrole nitrogens is 2. The van der Waals surface area contributed by atoms with Crippen LogP contribution in [0.4, 0.5) is 5.69 Å². The van der Waals surface area contributed by atoms with E-state index in [1.54, 1.807) is 6.92 Å². The van der Waals surface area contributed by atoms with Gasteiger partial charge < -0.3 is 9.47 Å². The summed E-state index contributed by atoms with van der Waals surface area (Å²) in [5.74, 6) is -0.864. The molecule has 0 aliphatic carbocycles. The minimum Gasteiger partial charge on any atom is -0.483 e. The molecule has 8 heteroatoms. The number of rotatable bonds is 4. The average molecular weight is 241 g/mol. The number of nitrogens with one attached hydrogen (secondary N) is 2. The van der Waals surface area contributed by atoms with Crippen molar-refractivity contribution in [3.05, 3.63) is 26.5 Å².